The van der Waals surface area contributed by atoms with Gasteiger partial charge in [-0.3, -0.25) is 0 Å². The van der Waals surface area contributed by atoms with E-state index in [2.05, 4.69) is 0 Å². The van der Waals surface area contributed by atoms with Crippen LogP contribution in [-0.4, -0.2) is 35.1 Å². The molecule has 1 unspecified atom stereocenters. The fraction of sp³-hybridized carbons (Fsp3) is 0.455. The van der Waals surface area contributed by atoms with Crippen LogP contribution in [0.5, 0.6) is 0 Å². The standard InChI is InChI=1S/C22H21N5O4/c1-13(2)30-19(28)17-18(20(29)31-14(3)4)27-15(5)7-6-8-16(27)21(9-23,10-24)22(17,11-25)12-26/h6-8,13-14,16H,1-5H3. The van der Waals surface area contributed by atoms with E-state index in [4.69, 9.17) is 9.47 Å². The fourth-order valence-electron chi connectivity index (χ4n) is 3.69. The summed E-state index contributed by atoms with van der Waals surface area (Å²) in [6.07, 6.45) is 3.36. The molecule has 2 aliphatic rings. The lowest BCUT2D eigenvalue weighted by Crippen LogP contribution is -2.61. The van der Waals surface area contributed by atoms with Crippen molar-refractivity contribution in [3.05, 3.63) is 35.2 Å². The molecule has 2 heterocycles. The quantitative estimate of drug-likeness (QED) is 0.625. The molecule has 2 rings (SSSR count). The summed E-state index contributed by atoms with van der Waals surface area (Å²) in [6, 6.07) is 5.79. The van der Waals surface area contributed by atoms with Crippen LogP contribution in [0.25, 0.3) is 0 Å². The normalized spacial score (nSPS) is 20.5. The van der Waals surface area contributed by atoms with Gasteiger partial charge >= 0.3 is 11.9 Å². The lowest BCUT2D eigenvalue weighted by Gasteiger charge is -2.49. The molecule has 158 valence electrons. The highest BCUT2D eigenvalue weighted by Gasteiger charge is 2.69. The smallest absolute Gasteiger partial charge is 0.355 e. The van der Waals surface area contributed by atoms with Gasteiger partial charge in [-0.25, -0.2) is 9.59 Å². The van der Waals surface area contributed by atoms with Gasteiger partial charge in [-0.2, -0.15) is 21.0 Å². The molecule has 0 radical (unpaired) electrons. The van der Waals surface area contributed by atoms with E-state index >= 15 is 0 Å². The highest BCUT2D eigenvalue weighted by molar-refractivity contribution is 6.03. The molecule has 0 saturated heterocycles. The molecule has 0 aliphatic carbocycles. The highest BCUT2D eigenvalue weighted by atomic mass is 16.5. The number of fused-ring (bicyclic) bond motifs is 1. The maximum atomic E-state index is 13.2. The van der Waals surface area contributed by atoms with Crippen molar-refractivity contribution in [2.24, 2.45) is 10.8 Å². The zero-order valence-electron chi connectivity index (χ0n) is 17.8. The number of nitrogens with zero attached hydrogens (tertiary/aromatic N) is 5. The van der Waals surface area contributed by atoms with Gasteiger partial charge in [0.15, 0.2) is 0 Å². The summed E-state index contributed by atoms with van der Waals surface area (Å²) in [5.74, 6) is -2.12. The summed E-state index contributed by atoms with van der Waals surface area (Å²) in [5.41, 5.74) is -5.62. The highest BCUT2D eigenvalue weighted by Crippen LogP contribution is 2.55. The van der Waals surface area contributed by atoms with E-state index in [9.17, 15) is 30.6 Å². The second-order valence-corrected chi connectivity index (χ2v) is 7.64. The molecule has 0 aromatic rings. The number of rotatable bonds is 4. The van der Waals surface area contributed by atoms with Crippen LogP contribution >= 0.6 is 0 Å². The average molecular weight is 419 g/mol. The van der Waals surface area contributed by atoms with E-state index in [0.29, 0.717) is 5.70 Å². The Morgan fingerprint density at radius 1 is 0.968 bits per heavy atom. The number of hydrogen-bond acceptors (Lipinski definition) is 9. The topological polar surface area (TPSA) is 151 Å². The Labute approximate surface area is 180 Å². The Kier molecular flexibility index (Phi) is 6.25. The third-order valence-electron chi connectivity index (χ3n) is 4.95. The third-order valence-corrected chi connectivity index (χ3v) is 4.95. The molecule has 0 aromatic carbocycles. The second-order valence-electron chi connectivity index (χ2n) is 7.64. The first-order valence-electron chi connectivity index (χ1n) is 9.52. The Balaban J connectivity index is 3.10. The third kappa shape index (κ3) is 3.31. The van der Waals surface area contributed by atoms with Crippen molar-refractivity contribution < 1.29 is 19.1 Å². The predicted molar refractivity (Wildman–Crippen MR) is 105 cm³/mol. The lowest BCUT2D eigenvalue weighted by molar-refractivity contribution is -0.149. The molecule has 0 aromatic heterocycles. The van der Waals surface area contributed by atoms with E-state index in [1.807, 2.05) is 0 Å². The van der Waals surface area contributed by atoms with Crippen molar-refractivity contribution in [2.45, 2.75) is 52.9 Å². The van der Waals surface area contributed by atoms with E-state index in [1.165, 1.54) is 11.0 Å². The number of ether oxygens (including phenoxy) is 2. The van der Waals surface area contributed by atoms with Gasteiger partial charge in [0.1, 0.15) is 11.3 Å². The number of nitriles is 4. The SMILES string of the molecule is CC1=CC=CC2N1C(C(=O)OC(C)C)=C(C(=O)OC(C)C)C(C#N)(C#N)C2(C#N)C#N. The van der Waals surface area contributed by atoms with E-state index in [0.717, 1.165) is 0 Å². The van der Waals surface area contributed by atoms with Crippen LogP contribution in [0.1, 0.15) is 34.6 Å². The zero-order chi connectivity index (χ0) is 23.6. The van der Waals surface area contributed by atoms with Crippen LogP contribution in [0.15, 0.2) is 35.2 Å². The number of hydrogen-bond donors (Lipinski definition) is 0. The Morgan fingerprint density at radius 2 is 1.48 bits per heavy atom. The number of carbonyl (C=O) groups is 2. The van der Waals surface area contributed by atoms with Gasteiger partial charge in [-0.1, -0.05) is 12.2 Å². The number of esters is 2. The Hall–Kier alpha value is -4.08. The van der Waals surface area contributed by atoms with Crippen molar-refractivity contribution in [3.63, 3.8) is 0 Å². The largest absolute Gasteiger partial charge is 0.459 e. The summed E-state index contributed by atoms with van der Waals surface area (Å²) < 4.78 is 10.5. The molecule has 9 nitrogen and oxygen atoms in total. The van der Waals surface area contributed by atoms with E-state index in [1.54, 1.807) is 71.0 Å². The first-order valence-corrected chi connectivity index (χ1v) is 9.52. The molecule has 0 bridgehead atoms. The average Bonchev–Trinajstić information content (AvgIpc) is 2.71. The molecule has 1 atom stereocenters. The molecule has 0 fully saturated rings. The lowest BCUT2D eigenvalue weighted by atomic mass is 9.55. The molecule has 0 spiro atoms. The van der Waals surface area contributed by atoms with Gasteiger partial charge in [-0.15, -0.1) is 0 Å². The minimum absolute atomic E-state index is 0.397. The van der Waals surface area contributed by atoms with Crippen molar-refractivity contribution >= 4 is 11.9 Å². The maximum absolute atomic E-state index is 13.2. The van der Waals surface area contributed by atoms with Crippen molar-refractivity contribution in [2.75, 3.05) is 0 Å². The molecular formula is C22H21N5O4. The summed E-state index contributed by atoms with van der Waals surface area (Å²) in [4.78, 5) is 27.6. The van der Waals surface area contributed by atoms with Crippen LogP contribution in [0.3, 0.4) is 0 Å². The Bertz CT molecular complexity index is 1040. The van der Waals surface area contributed by atoms with Crippen LogP contribution in [0.2, 0.25) is 0 Å². The van der Waals surface area contributed by atoms with Gasteiger partial charge in [-0.05, 0) is 40.7 Å². The summed E-state index contributed by atoms with van der Waals surface area (Å²) in [7, 11) is 0. The Morgan fingerprint density at radius 3 is 1.94 bits per heavy atom. The van der Waals surface area contributed by atoms with E-state index in [-0.39, 0.29) is 0 Å². The van der Waals surface area contributed by atoms with Crippen LogP contribution in [0.4, 0.5) is 0 Å². The summed E-state index contributed by atoms with van der Waals surface area (Å²) in [5, 5.41) is 40.4. The number of allylic oxidation sites excluding steroid dienone is 3. The molecule has 9 heteroatoms. The van der Waals surface area contributed by atoms with E-state index < -0.39 is 52.3 Å². The number of carbonyl (C=O) groups excluding carboxylic acids is 2. The molecule has 0 saturated carbocycles. The van der Waals surface area contributed by atoms with Gasteiger partial charge in [0.05, 0.1) is 42.5 Å². The fourth-order valence-corrected chi connectivity index (χ4v) is 3.69. The molecule has 0 N–H and O–H groups in total. The van der Waals surface area contributed by atoms with Crippen LogP contribution in [-0.2, 0) is 19.1 Å². The monoisotopic (exact) mass is 419 g/mol. The summed E-state index contributed by atoms with van der Waals surface area (Å²) in [6.45, 7) is 7.90. The van der Waals surface area contributed by atoms with Crippen molar-refractivity contribution in [1.82, 2.24) is 4.90 Å². The minimum atomic E-state index is -2.61. The first kappa shape index (κ1) is 23.2. The molecule has 31 heavy (non-hydrogen) atoms. The van der Waals surface area contributed by atoms with Gasteiger partial charge < -0.3 is 14.4 Å². The molecule has 2 aliphatic heterocycles. The van der Waals surface area contributed by atoms with Crippen molar-refractivity contribution in [1.29, 1.82) is 21.0 Å². The van der Waals surface area contributed by atoms with Crippen LogP contribution in [0, 0.1) is 56.2 Å². The molecular weight excluding hydrogens is 398 g/mol. The van der Waals surface area contributed by atoms with Crippen molar-refractivity contribution in [3.8, 4) is 24.3 Å². The minimum Gasteiger partial charge on any atom is -0.459 e. The maximum Gasteiger partial charge on any atom is 0.355 e. The van der Waals surface area contributed by atoms with Crippen LogP contribution < -0.4 is 0 Å². The predicted octanol–water partition coefficient (Wildman–Crippen LogP) is 2.37. The van der Waals surface area contributed by atoms with Gasteiger partial charge in [0.25, 0.3) is 0 Å². The summed E-state index contributed by atoms with van der Waals surface area (Å²) >= 11 is 0. The molecule has 0 amide bonds. The van der Waals surface area contributed by atoms with Gasteiger partial charge in [0.2, 0.25) is 10.8 Å². The second kappa shape index (κ2) is 8.34. The zero-order valence-corrected chi connectivity index (χ0v) is 17.8. The first-order chi connectivity index (χ1) is 14.6. The van der Waals surface area contributed by atoms with Gasteiger partial charge in [0, 0.05) is 5.70 Å².